The van der Waals surface area contributed by atoms with Crippen molar-refractivity contribution >= 4 is 34.8 Å². The molecule has 0 saturated carbocycles. The highest BCUT2D eigenvalue weighted by atomic mass is 19.1. The van der Waals surface area contributed by atoms with Gasteiger partial charge in [-0.25, -0.2) is 4.39 Å². The van der Waals surface area contributed by atoms with Crippen molar-refractivity contribution in [2.75, 3.05) is 6.61 Å². The third-order valence-electron chi connectivity index (χ3n) is 8.66. The van der Waals surface area contributed by atoms with E-state index in [0.29, 0.717) is 5.56 Å². The Morgan fingerprint density at radius 3 is 1.72 bits per heavy atom. The molecule has 1 aliphatic rings. The average Bonchev–Trinajstić information content (AvgIpc) is 3.47. The van der Waals surface area contributed by atoms with E-state index in [4.69, 9.17) is 23.7 Å². The molecule has 0 amide bonds. The normalized spacial score (nSPS) is 21.8. The summed E-state index contributed by atoms with van der Waals surface area (Å²) in [5.41, 5.74) is -1.66. The Balaban J connectivity index is 1.93. The van der Waals surface area contributed by atoms with Gasteiger partial charge in [-0.2, -0.15) is 0 Å². The van der Waals surface area contributed by atoms with E-state index in [2.05, 4.69) is 10.3 Å². The second kappa shape index (κ2) is 15.6. The predicted molar refractivity (Wildman–Crippen MR) is 197 cm³/mol. The molecule has 11 nitrogen and oxygen atoms in total. The van der Waals surface area contributed by atoms with Gasteiger partial charge >= 0.3 is 23.9 Å². The van der Waals surface area contributed by atoms with Crippen molar-refractivity contribution in [3.8, 4) is 0 Å². The lowest BCUT2D eigenvalue weighted by molar-refractivity contribution is -0.265. The summed E-state index contributed by atoms with van der Waals surface area (Å²) in [6, 6.07) is 12.9. The largest absolute Gasteiger partial charge is 0.462 e. The molecule has 12 heteroatoms. The van der Waals surface area contributed by atoms with Gasteiger partial charge < -0.3 is 28.7 Å². The first-order valence-electron chi connectivity index (χ1n) is 17.9. The Labute approximate surface area is 311 Å². The molecule has 1 saturated heterocycles. The smallest absolute Gasteiger partial charge is 0.311 e. The maximum absolute atomic E-state index is 14.3. The van der Waals surface area contributed by atoms with Crippen LogP contribution in [-0.4, -0.2) is 66.1 Å². The molecular weight excluding hydrogens is 683 g/mol. The van der Waals surface area contributed by atoms with E-state index < -0.39 is 94.6 Å². The van der Waals surface area contributed by atoms with Crippen molar-refractivity contribution in [3.05, 3.63) is 71.7 Å². The van der Waals surface area contributed by atoms with Crippen LogP contribution in [0, 0.1) is 27.5 Å². The summed E-state index contributed by atoms with van der Waals surface area (Å²) in [5.74, 6) is -2.92. The molecule has 290 valence electrons. The van der Waals surface area contributed by atoms with Gasteiger partial charge in [0.15, 0.2) is 24.5 Å². The number of aromatic nitrogens is 1. The van der Waals surface area contributed by atoms with Crippen molar-refractivity contribution in [1.82, 2.24) is 10.3 Å². The predicted octanol–water partition coefficient (Wildman–Crippen LogP) is 7.17. The molecule has 0 unspecified atom stereocenters. The van der Waals surface area contributed by atoms with Gasteiger partial charge in [-0.05, 0) is 112 Å². The van der Waals surface area contributed by atoms with Gasteiger partial charge in [-0.15, -0.1) is 0 Å². The fraction of sp³-hybridized carbons (Fsp3) is 0.561. The third-order valence-corrected chi connectivity index (χ3v) is 8.66. The first-order chi connectivity index (χ1) is 24.4. The molecule has 0 aliphatic carbocycles. The quantitative estimate of drug-likeness (QED) is 0.171. The van der Waals surface area contributed by atoms with E-state index in [9.17, 15) is 23.6 Å². The minimum absolute atomic E-state index is 0.395. The lowest BCUT2D eigenvalue weighted by Gasteiger charge is -2.47. The van der Waals surface area contributed by atoms with E-state index in [0.717, 1.165) is 16.5 Å². The molecular formula is C41H55FN2O9. The van der Waals surface area contributed by atoms with Crippen molar-refractivity contribution in [1.29, 1.82) is 0 Å². The summed E-state index contributed by atoms with van der Waals surface area (Å²) in [5, 5.41) is 4.33. The SMILES string of the molecule is CC(C)(C)C(=O)OC[C@H]1O[C@@H](N[C@@H](c2ccc(F)cc2)c2c[nH]c3ccccc23)[C@H](OC(=O)C(C)(C)C)[C@@H](OC(=O)C(C)(C)C)[C@H]1OC(=O)C(C)(C)C. The van der Waals surface area contributed by atoms with Gasteiger partial charge in [-0.1, -0.05) is 30.3 Å². The first-order valence-corrected chi connectivity index (χ1v) is 17.9. The summed E-state index contributed by atoms with van der Waals surface area (Å²) >= 11 is 0. The summed E-state index contributed by atoms with van der Waals surface area (Å²) in [6.07, 6.45) is -4.85. The summed E-state index contributed by atoms with van der Waals surface area (Å²) in [4.78, 5) is 57.4. The highest BCUT2D eigenvalue weighted by molar-refractivity contribution is 5.84. The lowest BCUT2D eigenvalue weighted by atomic mass is 9.91. The van der Waals surface area contributed by atoms with Crippen LogP contribution in [0.1, 0.15) is 100 Å². The Morgan fingerprint density at radius 2 is 1.19 bits per heavy atom. The van der Waals surface area contributed by atoms with Gasteiger partial charge in [0.25, 0.3) is 0 Å². The number of hydrogen-bond acceptors (Lipinski definition) is 10. The molecule has 2 N–H and O–H groups in total. The lowest BCUT2D eigenvalue weighted by Crippen LogP contribution is -2.67. The average molecular weight is 739 g/mol. The van der Waals surface area contributed by atoms with Crippen LogP contribution in [0.3, 0.4) is 0 Å². The number of benzene rings is 2. The maximum Gasteiger partial charge on any atom is 0.311 e. The monoisotopic (exact) mass is 738 g/mol. The Morgan fingerprint density at radius 1 is 0.698 bits per heavy atom. The van der Waals surface area contributed by atoms with E-state index in [1.54, 1.807) is 95.2 Å². The molecule has 1 fully saturated rings. The number of carbonyl (C=O) groups is 4. The summed E-state index contributed by atoms with van der Waals surface area (Å²) in [7, 11) is 0. The van der Waals surface area contributed by atoms with Crippen LogP contribution in [0.5, 0.6) is 0 Å². The number of ether oxygens (including phenoxy) is 5. The van der Waals surface area contributed by atoms with E-state index in [1.165, 1.54) is 12.1 Å². The third kappa shape index (κ3) is 10.2. The molecule has 2 aromatic carbocycles. The number of para-hydroxylation sites is 1. The number of H-pyrrole nitrogens is 1. The van der Waals surface area contributed by atoms with Gasteiger partial charge in [0.05, 0.1) is 27.7 Å². The van der Waals surface area contributed by atoms with Crippen molar-refractivity contribution in [2.24, 2.45) is 21.7 Å². The fourth-order valence-electron chi connectivity index (χ4n) is 5.38. The van der Waals surface area contributed by atoms with E-state index in [1.807, 2.05) is 30.5 Å². The van der Waals surface area contributed by atoms with Crippen LogP contribution in [0.2, 0.25) is 0 Å². The van der Waals surface area contributed by atoms with Crippen molar-refractivity contribution in [2.45, 2.75) is 120 Å². The van der Waals surface area contributed by atoms with Gasteiger partial charge in [0, 0.05) is 17.1 Å². The number of carbonyl (C=O) groups excluding carboxylic acids is 4. The zero-order valence-corrected chi connectivity index (χ0v) is 32.9. The van der Waals surface area contributed by atoms with Crippen molar-refractivity contribution < 1.29 is 47.3 Å². The molecule has 53 heavy (non-hydrogen) atoms. The highest BCUT2D eigenvalue weighted by Gasteiger charge is 2.55. The topological polar surface area (TPSA) is 142 Å². The van der Waals surface area contributed by atoms with Crippen LogP contribution in [0.25, 0.3) is 10.9 Å². The number of halogens is 1. The van der Waals surface area contributed by atoms with Crippen LogP contribution in [0.15, 0.2) is 54.7 Å². The van der Waals surface area contributed by atoms with Gasteiger partial charge in [-0.3, -0.25) is 24.5 Å². The van der Waals surface area contributed by atoms with Crippen LogP contribution < -0.4 is 5.32 Å². The number of nitrogens with one attached hydrogen (secondary N) is 2. The maximum atomic E-state index is 14.3. The molecule has 3 aromatic rings. The first kappa shape index (κ1) is 41.5. The van der Waals surface area contributed by atoms with E-state index in [-0.39, 0.29) is 0 Å². The Hall–Kier alpha value is -4.29. The standard InChI is InChI=1S/C41H55FN2O9/c1-38(2,3)34(45)49-22-28-30(51-35(46)39(4,5)6)31(52-36(47)40(7,8)9)32(53-37(48)41(10,11)12)33(50-28)44-29(23-17-19-24(42)20-18-23)26-21-43-27-16-14-13-15-25(26)27/h13-21,28-33,43-44H,22H2,1-12H3/t28-,29+,30+,31+,32-,33-/m1/s1. The molecule has 0 spiro atoms. The zero-order valence-electron chi connectivity index (χ0n) is 32.9. The Bertz CT molecular complexity index is 1770. The molecule has 6 atom stereocenters. The number of esters is 4. The minimum atomic E-state index is -1.43. The summed E-state index contributed by atoms with van der Waals surface area (Å²) < 4.78 is 45.2. The number of aromatic amines is 1. The molecule has 4 rings (SSSR count). The zero-order chi connectivity index (χ0) is 39.7. The molecule has 0 bridgehead atoms. The minimum Gasteiger partial charge on any atom is -0.462 e. The highest BCUT2D eigenvalue weighted by Crippen LogP contribution is 2.36. The molecule has 1 aliphatic heterocycles. The van der Waals surface area contributed by atoms with Gasteiger partial charge in [0.2, 0.25) is 0 Å². The number of fused-ring (bicyclic) bond motifs is 1. The van der Waals surface area contributed by atoms with Crippen LogP contribution in [-0.2, 0) is 42.9 Å². The van der Waals surface area contributed by atoms with Gasteiger partial charge in [0.1, 0.15) is 18.5 Å². The van der Waals surface area contributed by atoms with E-state index >= 15 is 0 Å². The summed E-state index contributed by atoms with van der Waals surface area (Å²) in [6.45, 7) is 19.7. The number of rotatable bonds is 9. The molecule has 1 aromatic heterocycles. The molecule has 0 radical (unpaired) electrons. The van der Waals surface area contributed by atoms with Crippen molar-refractivity contribution in [3.63, 3.8) is 0 Å². The van der Waals surface area contributed by atoms with Crippen LogP contribution in [0.4, 0.5) is 4.39 Å². The second-order valence-electron chi connectivity index (χ2n) is 17.7. The molecule has 2 heterocycles. The fourth-order valence-corrected chi connectivity index (χ4v) is 5.38. The number of hydrogen-bond donors (Lipinski definition) is 2. The van der Waals surface area contributed by atoms with Crippen LogP contribution >= 0.6 is 0 Å². The Kier molecular flexibility index (Phi) is 12.2. The second-order valence-corrected chi connectivity index (χ2v) is 17.7.